The van der Waals surface area contributed by atoms with Crippen LogP contribution in [0.15, 0.2) is 18.2 Å². The molecule has 0 saturated carbocycles. The first-order valence-corrected chi connectivity index (χ1v) is 5.58. The van der Waals surface area contributed by atoms with Gasteiger partial charge in [0.2, 0.25) is 5.91 Å². The lowest BCUT2D eigenvalue weighted by atomic mass is 10.1. The largest absolute Gasteiger partial charge is 0.395 e. The molecule has 0 aliphatic carbocycles. The number of anilines is 1. The van der Waals surface area contributed by atoms with E-state index in [2.05, 4.69) is 5.32 Å². The Hall–Kier alpha value is -2.28. The summed E-state index contributed by atoms with van der Waals surface area (Å²) in [6, 6.07) is 3.78. The molecule has 0 saturated heterocycles. The van der Waals surface area contributed by atoms with E-state index in [0.717, 1.165) is 11.0 Å². The number of rotatable bonds is 4. The summed E-state index contributed by atoms with van der Waals surface area (Å²) in [6.45, 7) is -0.680. The van der Waals surface area contributed by atoms with Gasteiger partial charge in [-0.3, -0.25) is 19.3 Å². The topological polar surface area (TPSA) is 86.7 Å². The number of aliphatic hydroxyl groups is 1. The number of carbonyl (C=O) groups excluding carboxylic acids is 3. The number of benzene rings is 1. The summed E-state index contributed by atoms with van der Waals surface area (Å²) in [4.78, 5) is 35.6. The number of para-hydroxylation sites is 1. The maximum atomic E-state index is 13.7. The van der Waals surface area contributed by atoms with Gasteiger partial charge in [0.15, 0.2) is 0 Å². The molecular weight excluding hydrogens is 255 g/mol. The predicted molar refractivity (Wildman–Crippen MR) is 63.2 cm³/mol. The van der Waals surface area contributed by atoms with Gasteiger partial charge in [0.05, 0.1) is 17.9 Å². The lowest BCUT2D eigenvalue weighted by Gasteiger charge is -2.16. The summed E-state index contributed by atoms with van der Waals surface area (Å²) in [5.41, 5.74) is -0.211. The van der Waals surface area contributed by atoms with Gasteiger partial charge >= 0.3 is 0 Å². The van der Waals surface area contributed by atoms with Crippen LogP contribution in [0.1, 0.15) is 10.4 Å². The molecule has 7 heteroatoms. The zero-order valence-corrected chi connectivity index (χ0v) is 9.85. The van der Waals surface area contributed by atoms with Crippen molar-refractivity contribution in [1.82, 2.24) is 5.32 Å². The quantitative estimate of drug-likeness (QED) is 0.717. The van der Waals surface area contributed by atoms with Crippen LogP contribution in [-0.2, 0) is 9.59 Å². The minimum atomic E-state index is -0.931. The Labute approximate surface area is 107 Å². The smallest absolute Gasteiger partial charge is 0.300 e. The molecule has 100 valence electrons. The molecule has 19 heavy (non-hydrogen) atoms. The van der Waals surface area contributed by atoms with Crippen LogP contribution >= 0.6 is 0 Å². The van der Waals surface area contributed by atoms with E-state index in [0.29, 0.717) is 0 Å². The monoisotopic (exact) mass is 266 g/mol. The molecule has 0 radical (unpaired) electrons. The minimum absolute atomic E-state index is 0.0267. The average Bonchev–Trinajstić information content (AvgIpc) is 2.63. The van der Waals surface area contributed by atoms with Crippen molar-refractivity contribution >= 4 is 23.3 Å². The zero-order chi connectivity index (χ0) is 14.0. The van der Waals surface area contributed by atoms with Gasteiger partial charge in [0.1, 0.15) is 12.4 Å². The van der Waals surface area contributed by atoms with E-state index in [1.165, 1.54) is 12.1 Å². The maximum Gasteiger partial charge on any atom is 0.300 e. The van der Waals surface area contributed by atoms with E-state index < -0.39 is 30.0 Å². The van der Waals surface area contributed by atoms with Crippen molar-refractivity contribution in [3.8, 4) is 0 Å². The van der Waals surface area contributed by atoms with Gasteiger partial charge in [0.25, 0.3) is 11.7 Å². The van der Waals surface area contributed by atoms with Crippen LogP contribution in [0.3, 0.4) is 0 Å². The lowest BCUT2D eigenvalue weighted by Crippen LogP contribution is -2.41. The van der Waals surface area contributed by atoms with Crippen molar-refractivity contribution in [2.24, 2.45) is 0 Å². The summed E-state index contributed by atoms with van der Waals surface area (Å²) < 4.78 is 13.7. The fourth-order valence-electron chi connectivity index (χ4n) is 1.86. The molecule has 0 aromatic heterocycles. The first-order chi connectivity index (χ1) is 9.06. The fraction of sp³-hybridized carbons (Fsp3) is 0.250. The van der Waals surface area contributed by atoms with E-state index in [4.69, 9.17) is 5.11 Å². The molecule has 0 atom stereocenters. The molecular formula is C12H11FN2O4. The van der Waals surface area contributed by atoms with Crippen molar-refractivity contribution < 1.29 is 23.9 Å². The Morgan fingerprint density at radius 3 is 2.79 bits per heavy atom. The number of hydrogen-bond donors (Lipinski definition) is 2. The number of nitrogens with one attached hydrogen (secondary N) is 1. The Morgan fingerprint density at radius 1 is 1.37 bits per heavy atom. The second-order valence-corrected chi connectivity index (χ2v) is 3.93. The highest BCUT2D eigenvalue weighted by Gasteiger charge is 2.38. The first kappa shape index (κ1) is 13.2. The van der Waals surface area contributed by atoms with Gasteiger partial charge in [-0.05, 0) is 12.1 Å². The fourth-order valence-corrected chi connectivity index (χ4v) is 1.86. The van der Waals surface area contributed by atoms with Crippen LogP contribution in [0.5, 0.6) is 0 Å². The van der Waals surface area contributed by atoms with E-state index in [-0.39, 0.29) is 24.4 Å². The number of Topliss-reactive ketones (excluding diaryl/α,β-unsaturated/α-hetero) is 1. The summed E-state index contributed by atoms with van der Waals surface area (Å²) in [6.07, 6.45) is 0. The predicted octanol–water partition coefficient (Wildman–Crippen LogP) is -0.537. The van der Waals surface area contributed by atoms with Gasteiger partial charge in [0, 0.05) is 6.54 Å². The second-order valence-electron chi connectivity index (χ2n) is 3.93. The highest BCUT2D eigenvalue weighted by molar-refractivity contribution is 6.52. The number of carbonyl (C=O) groups is 3. The van der Waals surface area contributed by atoms with Crippen LogP contribution in [0.4, 0.5) is 10.1 Å². The summed E-state index contributed by atoms with van der Waals surface area (Å²) in [7, 11) is 0. The standard InChI is InChI=1S/C12H11FN2O4/c13-8-3-1-2-7-10(8)15(12(19)11(7)18)6-9(17)14-4-5-16/h1-3,16H,4-6H2,(H,14,17). The number of aliphatic hydroxyl groups excluding tert-OH is 1. The average molecular weight is 266 g/mol. The van der Waals surface area contributed by atoms with Crippen LogP contribution in [0.25, 0.3) is 0 Å². The van der Waals surface area contributed by atoms with Crippen molar-refractivity contribution in [3.05, 3.63) is 29.6 Å². The lowest BCUT2D eigenvalue weighted by molar-refractivity contribution is -0.122. The first-order valence-electron chi connectivity index (χ1n) is 5.58. The zero-order valence-electron chi connectivity index (χ0n) is 9.85. The van der Waals surface area contributed by atoms with E-state index in [1.807, 2.05) is 0 Å². The Balaban J connectivity index is 2.26. The summed E-state index contributed by atoms with van der Waals surface area (Å²) >= 11 is 0. The van der Waals surface area contributed by atoms with Gasteiger partial charge < -0.3 is 10.4 Å². The molecule has 2 rings (SSSR count). The molecule has 1 aromatic carbocycles. The third-order valence-corrected chi connectivity index (χ3v) is 2.68. The van der Waals surface area contributed by atoms with E-state index in [9.17, 15) is 18.8 Å². The van der Waals surface area contributed by atoms with Crippen LogP contribution in [-0.4, -0.2) is 42.4 Å². The molecule has 2 amide bonds. The SMILES string of the molecule is O=C(CN1C(=O)C(=O)c2cccc(F)c21)NCCO. The normalized spacial score (nSPS) is 13.7. The highest BCUT2D eigenvalue weighted by atomic mass is 19.1. The number of fused-ring (bicyclic) bond motifs is 1. The molecule has 1 aromatic rings. The Bertz CT molecular complexity index is 559. The highest BCUT2D eigenvalue weighted by Crippen LogP contribution is 2.31. The Kier molecular flexibility index (Phi) is 3.57. The van der Waals surface area contributed by atoms with Crippen molar-refractivity contribution in [2.45, 2.75) is 0 Å². The van der Waals surface area contributed by atoms with Crippen molar-refractivity contribution in [3.63, 3.8) is 0 Å². The number of nitrogens with zero attached hydrogens (tertiary/aromatic N) is 1. The Morgan fingerprint density at radius 2 is 2.11 bits per heavy atom. The molecule has 0 spiro atoms. The number of amides is 2. The molecule has 1 heterocycles. The molecule has 0 bridgehead atoms. The molecule has 6 nitrogen and oxygen atoms in total. The van der Waals surface area contributed by atoms with Crippen LogP contribution in [0.2, 0.25) is 0 Å². The van der Waals surface area contributed by atoms with Crippen LogP contribution < -0.4 is 10.2 Å². The molecule has 0 fully saturated rings. The number of ketones is 1. The minimum Gasteiger partial charge on any atom is -0.395 e. The number of hydrogen-bond acceptors (Lipinski definition) is 4. The van der Waals surface area contributed by atoms with Gasteiger partial charge in [-0.2, -0.15) is 0 Å². The maximum absolute atomic E-state index is 13.7. The van der Waals surface area contributed by atoms with Crippen molar-refractivity contribution in [1.29, 1.82) is 0 Å². The van der Waals surface area contributed by atoms with Crippen molar-refractivity contribution in [2.75, 3.05) is 24.6 Å². The summed E-state index contributed by atoms with van der Waals surface area (Å²) in [5, 5.41) is 10.9. The van der Waals surface area contributed by atoms with E-state index in [1.54, 1.807) is 0 Å². The summed E-state index contributed by atoms with van der Waals surface area (Å²) in [5.74, 6) is -3.07. The molecule has 0 unspecified atom stereocenters. The van der Waals surface area contributed by atoms with E-state index >= 15 is 0 Å². The molecule has 1 aliphatic heterocycles. The third-order valence-electron chi connectivity index (χ3n) is 2.68. The van der Waals surface area contributed by atoms with Crippen LogP contribution in [0, 0.1) is 5.82 Å². The van der Waals surface area contributed by atoms with Gasteiger partial charge in [-0.15, -0.1) is 0 Å². The number of halogens is 1. The third kappa shape index (κ3) is 2.32. The second kappa shape index (κ2) is 5.15. The van der Waals surface area contributed by atoms with Gasteiger partial charge in [-0.1, -0.05) is 6.07 Å². The molecule has 1 aliphatic rings. The van der Waals surface area contributed by atoms with Gasteiger partial charge in [-0.25, -0.2) is 4.39 Å². The molecule has 2 N–H and O–H groups in total.